The van der Waals surface area contributed by atoms with Crippen molar-refractivity contribution < 1.29 is 4.79 Å². The van der Waals surface area contributed by atoms with E-state index in [1.54, 1.807) is 0 Å². The van der Waals surface area contributed by atoms with Gasteiger partial charge in [0.15, 0.2) is 0 Å². The van der Waals surface area contributed by atoms with Gasteiger partial charge in [0, 0.05) is 18.6 Å². The van der Waals surface area contributed by atoms with Crippen LogP contribution in [0.5, 0.6) is 0 Å². The molecule has 0 radical (unpaired) electrons. The van der Waals surface area contributed by atoms with Gasteiger partial charge in [0.1, 0.15) is 0 Å². The number of nitrogen functional groups attached to an aromatic ring is 1. The van der Waals surface area contributed by atoms with Gasteiger partial charge in [0.2, 0.25) is 11.8 Å². The third-order valence-electron chi connectivity index (χ3n) is 3.87. The summed E-state index contributed by atoms with van der Waals surface area (Å²) in [5, 5.41) is 9.20. The maximum absolute atomic E-state index is 11.9. The maximum atomic E-state index is 11.9. The Morgan fingerprint density at radius 2 is 2.33 bits per heavy atom. The molecule has 2 aliphatic rings. The number of nitrogens with one attached hydrogen (secondary N) is 2. The zero-order valence-electron chi connectivity index (χ0n) is 10.2. The number of hydrogen-bond donors (Lipinski definition) is 3. The molecule has 3 heterocycles. The molecule has 18 heavy (non-hydrogen) atoms. The fourth-order valence-corrected chi connectivity index (χ4v) is 2.99. The van der Waals surface area contributed by atoms with Crippen LogP contribution in [-0.2, 0) is 0 Å². The van der Waals surface area contributed by atoms with E-state index < -0.39 is 0 Å². The lowest BCUT2D eigenvalue weighted by Gasteiger charge is -2.34. The van der Waals surface area contributed by atoms with Crippen molar-refractivity contribution in [1.29, 1.82) is 0 Å². The molecule has 7 nitrogen and oxygen atoms in total. The lowest BCUT2D eigenvalue weighted by molar-refractivity contribution is 0.0886. The second-order valence-electron chi connectivity index (χ2n) is 5.07. The Hall–Kier alpha value is -1.63. The zero-order valence-corrected chi connectivity index (χ0v) is 10.2. The topological polar surface area (TPSA) is 99.9 Å². The van der Waals surface area contributed by atoms with E-state index in [-0.39, 0.29) is 23.7 Å². The molecule has 2 saturated heterocycles. The van der Waals surface area contributed by atoms with Gasteiger partial charge in [-0.05, 0) is 32.2 Å². The number of hydrogen-bond acceptors (Lipinski definition) is 5. The first kappa shape index (κ1) is 11.5. The van der Waals surface area contributed by atoms with Crippen molar-refractivity contribution in [3.05, 3.63) is 5.82 Å². The van der Waals surface area contributed by atoms with Crippen molar-refractivity contribution >= 4 is 11.9 Å². The molecular formula is C11H18N6O. The first-order valence-electron chi connectivity index (χ1n) is 6.45. The summed E-state index contributed by atoms with van der Waals surface area (Å²) in [6.45, 7) is 2.29. The molecule has 0 aliphatic carbocycles. The van der Waals surface area contributed by atoms with Crippen molar-refractivity contribution in [2.24, 2.45) is 0 Å². The number of rotatable bonds is 2. The first-order chi connectivity index (χ1) is 8.72. The van der Waals surface area contributed by atoms with Crippen LogP contribution in [0.3, 0.4) is 0 Å². The summed E-state index contributed by atoms with van der Waals surface area (Å²) in [5.74, 6) is 0.0859. The summed E-state index contributed by atoms with van der Waals surface area (Å²) in [4.78, 5) is 18.3. The lowest BCUT2D eigenvalue weighted by Crippen LogP contribution is -2.47. The standard InChI is InChI=1S/C11H18N6O/c12-11-14-9(15-16-11)10(18)13-7-3-5-17-4-1-2-8(17)6-7/h7-8H,1-6H2,(H,13,18)(H3,12,14,15,16). The molecule has 3 rings (SSSR count). The third-order valence-corrected chi connectivity index (χ3v) is 3.87. The van der Waals surface area contributed by atoms with E-state index in [1.807, 2.05) is 0 Å². The van der Waals surface area contributed by atoms with Crippen molar-refractivity contribution in [1.82, 2.24) is 25.4 Å². The molecule has 1 amide bonds. The lowest BCUT2D eigenvalue weighted by atomic mass is 9.97. The van der Waals surface area contributed by atoms with E-state index in [9.17, 15) is 4.79 Å². The number of nitrogens with two attached hydrogens (primary N) is 1. The van der Waals surface area contributed by atoms with Crippen molar-refractivity contribution in [3.8, 4) is 0 Å². The molecule has 2 fully saturated rings. The molecule has 2 aliphatic heterocycles. The Kier molecular flexibility index (Phi) is 2.91. The van der Waals surface area contributed by atoms with E-state index in [0.29, 0.717) is 6.04 Å². The Morgan fingerprint density at radius 1 is 1.44 bits per heavy atom. The Balaban J connectivity index is 1.58. The summed E-state index contributed by atoms with van der Waals surface area (Å²) in [6.07, 6.45) is 4.58. The number of aromatic nitrogens is 3. The van der Waals surface area contributed by atoms with Crippen molar-refractivity contribution in [2.75, 3.05) is 18.8 Å². The van der Waals surface area contributed by atoms with Crippen LogP contribution >= 0.6 is 0 Å². The van der Waals surface area contributed by atoms with E-state index in [2.05, 4.69) is 25.4 Å². The highest BCUT2D eigenvalue weighted by Gasteiger charge is 2.32. The molecule has 98 valence electrons. The van der Waals surface area contributed by atoms with E-state index in [0.717, 1.165) is 19.4 Å². The van der Waals surface area contributed by atoms with Gasteiger partial charge in [-0.2, -0.15) is 4.98 Å². The number of amides is 1. The maximum Gasteiger partial charge on any atom is 0.288 e. The van der Waals surface area contributed by atoms with E-state index >= 15 is 0 Å². The zero-order chi connectivity index (χ0) is 12.5. The average Bonchev–Trinajstić information content (AvgIpc) is 2.96. The normalized spacial score (nSPS) is 28.0. The summed E-state index contributed by atoms with van der Waals surface area (Å²) in [5.41, 5.74) is 5.38. The SMILES string of the molecule is Nc1n[nH]c(C(=O)NC2CCN3CCCC3C2)n1. The third kappa shape index (κ3) is 2.17. The average molecular weight is 250 g/mol. The Morgan fingerprint density at radius 3 is 3.11 bits per heavy atom. The first-order valence-corrected chi connectivity index (χ1v) is 6.45. The number of carbonyl (C=O) groups is 1. The highest BCUT2D eigenvalue weighted by molar-refractivity contribution is 5.90. The van der Waals surface area contributed by atoms with Gasteiger partial charge in [-0.25, -0.2) is 0 Å². The molecular weight excluding hydrogens is 232 g/mol. The number of anilines is 1. The highest BCUT2D eigenvalue weighted by Crippen LogP contribution is 2.26. The summed E-state index contributed by atoms with van der Waals surface area (Å²) >= 11 is 0. The van der Waals surface area contributed by atoms with Gasteiger partial charge in [0.25, 0.3) is 5.91 Å². The second kappa shape index (κ2) is 4.56. The second-order valence-corrected chi connectivity index (χ2v) is 5.07. The van der Waals surface area contributed by atoms with Crippen molar-refractivity contribution in [2.45, 2.75) is 37.8 Å². The van der Waals surface area contributed by atoms with Crippen LogP contribution in [0.25, 0.3) is 0 Å². The van der Waals surface area contributed by atoms with Crippen molar-refractivity contribution in [3.63, 3.8) is 0 Å². The Bertz CT molecular complexity index is 444. The van der Waals surface area contributed by atoms with Crippen LogP contribution in [0.1, 0.15) is 36.3 Å². The van der Waals surface area contributed by atoms with Crippen LogP contribution in [0.4, 0.5) is 5.95 Å². The molecule has 1 aromatic heterocycles. The molecule has 0 saturated carbocycles. The van der Waals surface area contributed by atoms with Crippen LogP contribution in [0.15, 0.2) is 0 Å². The number of fused-ring (bicyclic) bond motifs is 1. The van der Waals surface area contributed by atoms with Crippen LogP contribution in [0, 0.1) is 0 Å². The summed E-state index contributed by atoms with van der Waals surface area (Å²) < 4.78 is 0. The minimum absolute atomic E-state index is 0.103. The van der Waals surface area contributed by atoms with Gasteiger partial charge in [-0.1, -0.05) is 0 Å². The molecule has 0 spiro atoms. The fraction of sp³-hybridized carbons (Fsp3) is 0.727. The van der Waals surface area contributed by atoms with Crippen LogP contribution in [-0.4, -0.2) is 51.2 Å². The number of aromatic amines is 1. The van der Waals surface area contributed by atoms with Gasteiger partial charge in [-0.15, -0.1) is 5.10 Å². The Labute approximate surface area is 105 Å². The number of carbonyl (C=O) groups excluding carboxylic acids is 1. The summed E-state index contributed by atoms with van der Waals surface area (Å²) in [6, 6.07) is 0.881. The van der Waals surface area contributed by atoms with Gasteiger partial charge < -0.3 is 16.0 Å². The minimum atomic E-state index is -0.212. The number of piperidine rings is 1. The van der Waals surface area contributed by atoms with E-state index in [1.165, 1.54) is 19.4 Å². The molecule has 4 N–H and O–H groups in total. The molecule has 2 unspecified atom stereocenters. The smallest absolute Gasteiger partial charge is 0.288 e. The molecule has 2 atom stereocenters. The van der Waals surface area contributed by atoms with Crippen LogP contribution < -0.4 is 11.1 Å². The number of H-pyrrole nitrogens is 1. The highest BCUT2D eigenvalue weighted by atomic mass is 16.2. The van der Waals surface area contributed by atoms with Gasteiger partial charge in [0.05, 0.1) is 0 Å². The predicted octanol–water partition coefficient (Wildman–Crippen LogP) is -0.257. The molecule has 1 aromatic rings. The molecule has 7 heteroatoms. The largest absolute Gasteiger partial charge is 0.366 e. The minimum Gasteiger partial charge on any atom is -0.366 e. The van der Waals surface area contributed by atoms with E-state index in [4.69, 9.17) is 5.73 Å². The van der Waals surface area contributed by atoms with Gasteiger partial charge >= 0.3 is 0 Å². The molecule has 0 aromatic carbocycles. The predicted molar refractivity (Wildman–Crippen MR) is 65.9 cm³/mol. The van der Waals surface area contributed by atoms with Crippen LogP contribution in [0.2, 0.25) is 0 Å². The monoisotopic (exact) mass is 250 g/mol. The quantitative estimate of drug-likeness (QED) is 0.671. The number of nitrogens with zero attached hydrogens (tertiary/aromatic N) is 3. The summed E-state index contributed by atoms with van der Waals surface area (Å²) in [7, 11) is 0. The molecule has 0 bridgehead atoms. The fourth-order valence-electron chi connectivity index (χ4n) is 2.99. The van der Waals surface area contributed by atoms with Gasteiger partial charge in [-0.3, -0.25) is 9.89 Å².